The van der Waals surface area contributed by atoms with Crippen molar-refractivity contribution in [1.29, 1.82) is 0 Å². The average Bonchev–Trinajstić information content (AvgIpc) is 2.42. The molecular weight excluding hydrogens is 273 g/mol. The predicted molar refractivity (Wildman–Crippen MR) is 66.8 cm³/mol. The minimum Gasteiger partial charge on any atom is -0.483 e. The first kappa shape index (κ1) is 14.2. The van der Waals surface area contributed by atoms with Crippen molar-refractivity contribution in [3.63, 3.8) is 0 Å². The van der Waals surface area contributed by atoms with E-state index in [1.54, 1.807) is 24.3 Å². The number of alkyl halides is 3. The fourth-order valence-electron chi connectivity index (χ4n) is 1.77. The summed E-state index contributed by atoms with van der Waals surface area (Å²) in [6.45, 7) is -1.46. The summed E-state index contributed by atoms with van der Waals surface area (Å²) in [6, 6.07) is 9.82. The molecule has 6 heteroatoms. The first-order valence-electron chi connectivity index (χ1n) is 5.71. The van der Waals surface area contributed by atoms with E-state index < -0.39 is 18.8 Å². The summed E-state index contributed by atoms with van der Waals surface area (Å²) in [4.78, 5) is 11.6. The fraction of sp³-hybridized carbons (Fsp3) is 0.214. The van der Waals surface area contributed by atoms with Crippen LogP contribution < -0.4 is 4.74 Å². The van der Waals surface area contributed by atoms with Crippen molar-refractivity contribution in [3.05, 3.63) is 42.0 Å². The van der Waals surface area contributed by atoms with Gasteiger partial charge in [0.2, 0.25) is 0 Å². The van der Waals surface area contributed by atoms with E-state index in [2.05, 4.69) is 4.74 Å². The third-order valence-corrected chi connectivity index (χ3v) is 2.64. The van der Waals surface area contributed by atoms with E-state index in [0.717, 1.165) is 7.11 Å². The monoisotopic (exact) mass is 284 g/mol. The highest BCUT2D eigenvalue weighted by Crippen LogP contribution is 2.28. The lowest BCUT2D eigenvalue weighted by Gasteiger charge is -2.13. The van der Waals surface area contributed by atoms with Crippen LogP contribution in [0.25, 0.3) is 10.8 Å². The Morgan fingerprint density at radius 3 is 2.30 bits per heavy atom. The van der Waals surface area contributed by atoms with Crippen molar-refractivity contribution in [2.75, 3.05) is 13.7 Å². The highest BCUT2D eigenvalue weighted by molar-refractivity contribution is 5.98. The number of hydrogen-bond donors (Lipinski definition) is 0. The molecule has 0 unspecified atom stereocenters. The second-order valence-electron chi connectivity index (χ2n) is 4.09. The SMILES string of the molecule is COC(=O)c1cc2ccccc2cc1OCC(F)(F)F. The van der Waals surface area contributed by atoms with E-state index in [1.165, 1.54) is 12.1 Å². The summed E-state index contributed by atoms with van der Waals surface area (Å²) >= 11 is 0. The topological polar surface area (TPSA) is 35.5 Å². The first-order valence-corrected chi connectivity index (χ1v) is 5.71. The zero-order chi connectivity index (χ0) is 14.8. The van der Waals surface area contributed by atoms with E-state index >= 15 is 0 Å². The molecule has 106 valence electrons. The van der Waals surface area contributed by atoms with Crippen LogP contribution in [0.1, 0.15) is 10.4 Å². The highest BCUT2D eigenvalue weighted by Gasteiger charge is 2.29. The Labute approximate surface area is 112 Å². The minimum absolute atomic E-state index is 0.0320. The largest absolute Gasteiger partial charge is 0.483 e. The quantitative estimate of drug-likeness (QED) is 0.808. The maximum absolute atomic E-state index is 12.2. The van der Waals surface area contributed by atoms with Gasteiger partial charge in [0.1, 0.15) is 11.3 Å². The van der Waals surface area contributed by atoms with Gasteiger partial charge in [0, 0.05) is 0 Å². The van der Waals surface area contributed by atoms with Crippen LogP contribution >= 0.6 is 0 Å². The third kappa shape index (κ3) is 3.20. The molecule has 0 spiro atoms. The van der Waals surface area contributed by atoms with Crippen LogP contribution in [0.3, 0.4) is 0 Å². The zero-order valence-electron chi connectivity index (χ0n) is 10.5. The Morgan fingerprint density at radius 1 is 1.15 bits per heavy atom. The van der Waals surface area contributed by atoms with Gasteiger partial charge in [-0.2, -0.15) is 13.2 Å². The molecule has 2 aromatic rings. The van der Waals surface area contributed by atoms with Gasteiger partial charge in [0.25, 0.3) is 0 Å². The van der Waals surface area contributed by atoms with Gasteiger partial charge >= 0.3 is 12.1 Å². The second-order valence-corrected chi connectivity index (χ2v) is 4.09. The Kier molecular flexibility index (Phi) is 3.83. The second kappa shape index (κ2) is 5.40. The van der Waals surface area contributed by atoms with Crippen LogP contribution in [0.4, 0.5) is 13.2 Å². The van der Waals surface area contributed by atoms with Crippen LogP contribution in [0, 0.1) is 0 Å². The lowest BCUT2D eigenvalue weighted by molar-refractivity contribution is -0.153. The molecule has 0 aromatic heterocycles. The molecule has 0 bridgehead atoms. The summed E-state index contributed by atoms with van der Waals surface area (Å²) in [5.74, 6) is -0.888. The van der Waals surface area contributed by atoms with Gasteiger partial charge in [-0.15, -0.1) is 0 Å². The van der Waals surface area contributed by atoms with Crippen LogP contribution in [0.2, 0.25) is 0 Å². The molecule has 0 aliphatic heterocycles. The number of hydrogen-bond acceptors (Lipinski definition) is 3. The van der Waals surface area contributed by atoms with Crippen LogP contribution in [0.5, 0.6) is 5.75 Å². The van der Waals surface area contributed by atoms with E-state index in [-0.39, 0.29) is 11.3 Å². The number of benzene rings is 2. The number of fused-ring (bicyclic) bond motifs is 1. The molecule has 2 aromatic carbocycles. The Balaban J connectivity index is 2.46. The Hall–Kier alpha value is -2.24. The highest BCUT2D eigenvalue weighted by atomic mass is 19.4. The number of carbonyl (C=O) groups excluding carboxylic acids is 1. The minimum atomic E-state index is -4.47. The van der Waals surface area contributed by atoms with E-state index in [1.807, 2.05) is 0 Å². The van der Waals surface area contributed by atoms with Crippen LogP contribution in [0.15, 0.2) is 36.4 Å². The molecule has 0 N–H and O–H groups in total. The maximum atomic E-state index is 12.2. The molecule has 0 aliphatic rings. The molecule has 0 aliphatic carbocycles. The van der Waals surface area contributed by atoms with Gasteiger partial charge < -0.3 is 9.47 Å². The van der Waals surface area contributed by atoms with Crippen molar-refractivity contribution in [1.82, 2.24) is 0 Å². The number of methoxy groups -OCH3 is 1. The first-order chi connectivity index (χ1) is 9.40. The van der Waals surface area contributed by atoms with Crippen molar-refractivity contribution in [2.24, 2.45) is 0 Å². The van der Waals surface area contributed by atoms with Crippen LogP contribution in [-0.4, -0.2) is 25.9 Å². The molecular formula is C14H11F3O3. The molecule has 0 saturated carbocycles. The van der Waals surface area contributed by atoms with Gasteiger partial charge in [0.15, 0.2) is 6.61 Å². The molecule has 0 radical (unpaired) electrons. The van der Waals surface area contributed by atoms with E-state index in [0.29, 0.717) is 10.8 Å². The molecule has 3 nitrogen and oxygen atoms in total. The van der Waals surface area contributed by atoms with Gasteiger partial charge in [-0.1, -0.05) is 24.3 Å². The summed E-state index contributed by atoms with van der Waals surface area (Å²) in [6.07, 6.45) is -4.47. The predicted octanol–water partition coefficient (Wildman–Crippen LogP) is 3.57. The lowest BCUT2D eigenvalue weighted by Crippen LogP contribution is -2.20. The van der Waals surface area contributed by atoms with Crippen molar-refractivity contribution in [2.45, 2.75) is 6.18 Å². The number of halogens is 3. The Bertz CT molecular complexity index is 635. The number of carbonyl (C=O) groups is 1. The maximum Gasteiger partial charge on any atom is 0.422 e. The van der Waals surface area contributed by atoms with E-state index in [4.69, 9.17) is 4.74 Å². The normalized spacial score (nSPS) is 11.4. The Morgan fingerprint density at radius 2 is 1.75 bits per heavy atom. The van der Waals surface area contributed by atoms with Gasteiger partial charge in [-0.25, -0.2) is 4.79 Å². The molecule has 0 heterocycles. The summed E-state index contributed by atoms with van der Waals surface area (Å²) < 4.78 is 46.0. The third-order valence-electron chi connectivity index (χ3n) is 2.64. The summed E-state index contributed by atoms with van der Waals surface area (Å²) in [5.41, 5.74) is -0.0320. The molecule has 0 saturated heterocycles. The fourth-order valence-corrected chi connectivity index (χ4v) is 1.77. The van der Waals surface area contributed by atoms with Crippen molar-refractivity contribution in [3.8, 4) is 5.75 Å². The number of rotatable bonds is 3. The molecule has 0 atom stereocenters. The van der Waals surface area contributed by atoms with Gasteiger partial charge in [0.05, 0.1) is 7.11 Å². The molecule has 0 fully saturated rings. The standard InChI is InChI=1S/C14H11F3O3/c1-19-13(18)11-6-9-4-2-3-5-10(9)7-12(11)20-8-14(15,16)17/h2-7H,8H2,1H3. The lowest BCUT2D eigenvalue weighted by atomic mass is 10.1. The smallest absolute Gasteiger partial charge is 0.422 e. The molecule has 20 heavy (non-hydrogen) atoms. The number of esters is 1. The van der Waals surface area contributed by atoms with E-state index in [9.17, 15) is 18.0 Å². The molecule has 0 amide bonds. The average molecular weight is 284 g/mol. The number of ether oxygens (including phenoxy) is 2. The van der Waals surface area contributed by atoms with Crippen LogP contribution in [-0.2, 0) is 4.74 Å². The summed E-state index contributed by atoms with van der Waals surface area (Å²) in [7, 11) is 1.16. The van der Waals surface area contributed by atoms with Crippen molar-refractivity contribution < 1.29 is 27.4 Å². The van der Waals surface area contributed by atoms with Gasteiger partial charge in [-0.3, -0.25) is 0 Å². The van der Waals surface area contributed by atoms with Crippen molar-refractivity contribution >= 4 is 16.7 Å². The zero-order valence-corrected chi connectivity index (χ0v) is 10.5. The summed E-state index contributed by atoms with van der Waals surface area (Å²) in [5, 5.41) is 1.39. The van der Waals surface area contributed by atoms with Gasteiger partial charge in [-0.05, 0) is 22.9 Å². The molecule has 2 rings (SSSR count).